The van der Waals surface area contributed by atoms with Gasteiger partial charge in [0, 0.05) is 18.7 Å². The molecule has 27 heavy (non-hydrogen) atoms. The lowest BCUT2D eigenvalue weighted by molar-refractivity contribution is -0.131. The summed E-state index contributed by atoms with van der Waals surface area (Å²) in [5.41, 5.74) is 3.86. The van der Waals surface area contributed by atoms with Gasteiger partial charge in [0.15, 0.2) is 0 Å². The quantitative estimate of drug-likeness (QED) is 0.849. The summed E-state index contributed by atoms with van der Waals surface area (Å²) in [5.74, 6) is -0.491. The van der Waals surface area contributed by atoms with Gasteiger partial charge in [-0.1, -0.05) is 47.5 Å². The van der Waals surface area contributed by atoms with Crippen molar-refractivity contribution >= 4 is 17.9 Å². The van der Waals surface area contributed by atoms with Crippen molar-refractivity contribution in [2.24, 2.45) is 0 Å². The first kappa shape index (κ1) is 18.9. The standard InChI is InChI=1S/C22H24N2O3/c1-16-3-7-18(8-4-16)15-20(22(26)24-11-13-27-14-12-24)23-21(25)19-9-5-17(2)6-10-19/h3-10,15H,11-14H2,1-2H3,(H,23,25)/b20-15-. The maximum absolute atomic E-state index is 13.0. The van der Waals surface area contributed by atoms with Crippen LogP contribution in [0.2, 0.25) is 0 Å². The molecule has 140 valence electrons. The van der Waals surface area contributed by atoms with E-state index >= 15 is 0 Å². The minimum Gasteiger partial charge on any atom is -0.378 e. The molecule has 2 aromatic carbocycles. The predicted octanol–water partition coefficient (Wildman–Crippen LogP) is 2.93. The molecule has 2 aromatic rings. The molecule has 1 fully saturated rings. The number of carbonyl (C=O) groups is 2. The van der Waals surface area contributed by atoms with Crippen molar-refractivity contribution in [1.29, 1.82) is 0 Å². The van der Waals surface area contributed by atoms with Crippen molar-refractivity contribution in [1.82, 2.24) is 10.2 Å². The number of nitrogens with zero attached hydrogens (tertiary/aromatic N) is 1. The number of morpholine rings is 1. The Bertz CT molecular complexity index is 833. The van der Waals surface area contributed by atoms with Crippen molar-refractivity contribution in [3.8, 4) is 0 Å². The number of aryl methyl sites for hydroxylation is 2. The van der Waals surface area contributed by atoms with Gasteiger partial charge in [0.25, 0.3) is 11.8 Å². The second-order valence-electron chi connectivity index (χ2n) is 6.69. The summed E-state index contributed by atoms with van der Waals surface area (Å²) in [6.07, 6.45) is 1.73. The molecule has 0 bridgehead atoms. The molecule has 5 heteroatoms. The SMILES string of the molecule is Cc1ccc(/C=C(\NC(=O)c2ccc(C)cc2)C(=O)N2CCOCC2)cc1. The van der Waals surface area contributed by atoms with E-state index < -0.39 is 0 Å². The number of rotatable bonds is 4. The van der Waals surface area contributed by atoms with Crippen LogP contribution in [0.3, 0.4) is 0 Å². The zero-order valence-electron chi connectivity index (χ0n) is 15.7. The fourth-order valence-corrected chi connectivity index (χ4v) is 2.82. The molecule has 3 rings (SSSR count). The summed E-state index contributed by atoms with van der Waals surface area (Å²) < 4.78 is 5.32. The third kappa shape index (κ3) is 5.05. The van der Waals surface area contributed by atoms with Gasteiger partial charge in [-0.15, -0.1) is 0 Å². The summed E-state index contributed by atoms with van der Waals surface area (Å²) in [7, 11) is 0. The molecule has 0 aromatic heterocycles. The van der Waals surface area contributed by atoms with Crippen LogP contribution in [0.5, 0.6) is 0 Å². The fourth-order valence-electron chi connectivity index (χ4n) is 2.82. The van der Waals surface area contributed by atoms with Crippen molar-refractivity contribution < 1.29 is 14.3 Å². The predicted molar refractivity (Wildman–Crippen MR) is 105 cm³/mol. The Morgan fingerprint density at radius 3 is 2.07 bits per heavy atom. The Hall–Kier alpha value is -2.92. The zero-order chi connectivity index (χ0) is 19.2. The number of benzene rings is 2. The minimum atomic E-state index is -0.296. The van der Waals surface area contributed by atoms with Crippen molar-refractivity contribution in [3.63, 3.8) is 0 Å². The minimum absolute atomic E-state index is 0.195. The lowest BCUT2D eigenvalue weighted by Crippen LogP contribution is -2.44. The van der Waals surface area contributed by atoms with E-state index in [4.69, 9.17) is 4.74 Å². The van der Waals surface area contributed by atoms with E-state index in [0.717, 1.165) is 16.7 Å². The highest BCUT2D eigenvalue weighted by Gasteiger charge is 2.22. The lowest BCUT2D eigenvalue weighted by atomic mass is 10.1. The van der Waals surface area contributed by atoms with Crippen molar-refractivity contribution in [2.45, 2.75) is 13.8 Å². The Morgan fingerprint density at radius 2 is 1.48 bits per heavy atom. The van der Waals surface area contributed by atoms with Gasteiger partial charge in [-0.3, -0.25) is 9.59 Å². The van der Waals surface area contributed by atoms with E-state index in [1.165, 1.54) is 0 Å². The van der Waals surface area contributed by atoms with Crippen LogP contribution in [0.15, 0.2) is 54.2 Å². The Kier molecular flexibility index (Phi) is 6.04. The van der Waals surface area contributed by atoms with Gasteiger partial charge < -0.3 is 15.0 Å². The maximum Gasteiger partial charge on any atom is 0.270 e. The largest absolute Gasteiger partial charge is 0.378 e. The third-order valence-electron chi connectivity index (χ3n) is 4.48. The number of hydrogen-bond donors (Lipinski definition) is 1. The molecule has 2 amide bonds. The Morgan fingerprint density at radius 1 is 0.926 bits per heavy atom. The summed E-state index contributed by atoms with van der Waals surface area (Å²) >= 11 is 0. The first-order valence-electron chi connectivity index (χ1n) is 9.06. The second kappa shape index (κ2) is 8.64. The molecule has 0 saturated carbocycles. The monoisotopic (exact) mass is 364 g/mol. The molecule has 5 nitrogen and oxygen atoms in total. The first-order chi connectivity index (χ1) is 13.0. The number of carbonyl (C=O) groups excluding carboxylic acids is 2. The highest BCUT2D eigenvalue weighted by molar-refractivity contribution is 6.05. The Labute approximate surface area is 159 Å². The smallest absolute Gasteiger partial charge is 0.270 e. The van der Waals surface area contributed by atoms with Crippen LogP contribution in [0.1, 0.15) is 27.0 Å². The van der Waals surface area contributed by atoms with E-state index in [2.05, 4.69) is 5.32 Å². The summed E-state index contributed by atoms with van der Waals surface area (Å²) in [4.78, 5) is 27.3. The van der Waals surface area contributed by atoms with Gasteiger partial charge in [-0.05, 0) is 37.6 Å². The van der Waals surface area contributed by atoms with Crippen LogP contribution in [0.25, 0.3) is 6.08 Å². The van der Waals surface area contributed by atoms with E-state index in [0.29, 0.717) is 31.9 Å². The van der Waals surface area contributed by atoms with Gasteiger partial charge in [-0.2, -0.15) is 0 Å². The van der Waals surface area contributed by atoms with Crippen LogP contribution < -0.4 is 5.32 Å². The number of ether oxygens (including phenoxy) is 1. The summed E-state index contributed by atoms with van der Waals surface area (Å²) in [6, 6.07) is 15.1. The van der Waals surface area contributed by atoms with Crippen molar-refractivity contribution in [3.05, 3.63) is 76.5 Å². The number of amides is 2. The van der Waals surface area contributed by atoms with Crippen LogP contribution in [-0.4, -0.2) is 43.0 Å². The highest BCUT2D eigenvalue weighted by Crippen LogP contribution is 2.12. The van der Waals surface area contributed by atoms with Crippen molar-refractivity contribution in [2.75, 3.05) is 26.3 Å². The van der Waals surface area contributed by atoms with E-state index in [1.807, 2.05) is 50.2 Å². The maximum atomic E-state index is 13.0. The molecular weight excluding hydrogens is 340 g/mol. The molecule has 0 radical (unpaired) electrons. The molecule has 0 unspecified atom stereocenters. The van der Waals surface area contributed by atoms with Crippen LogP contribution in [0, 0.1) is 13.8 Å². The second-order valence-corrected chi connectivity index (χ2v) is 6.69. The van der Waals surface area contributed by atoms with E-state index in [9.17, 15) is 9.59 Å². The topological polar surface area (TPSA) is 58.6 Å². The Balaban J connectivity index is 1.86. The van der Waals surface area contributed by atoms with Gasteiger partial charge in [0.2, 0.25) is 0 Å². The van der Waals surface area contributed by atoms with Crippen LogP contribution in [0.4, 0.5) is 0 Å². The van der Waals surface area contributed by atoms with Crippen LogP contribution >= 0.6 is 0 Å². The summed E-state index contributed by atoms with van der Waals surface area (Å²) in [5, 5.41) is 2.80. The van der Waals surface area contributed by atoms with Gasteiger partial charge in [0.1, 0.15) is 5.70 Å². The average Bonchev–Trinajstić information content (AvgIpc) is 2.69. The van der Waals surface area contributed by atoms with Gasteiger partial charge in [-0.25, -0.2) is 0 Å². The number of hydrogen-bond acceptors (Lipinski definition) is 3. The normalized spacial score (nSPS) is 14.7. The lowest BCUT2D eigenvalue weighted by Gasteiger charge is -2.27. The average molecular weight is 364 g/mol. The zero-order valence-corrected chi connectivity index (χ0v) is 15.7. The molecule has 1 aliphatic rings. The molecule has 0 atom stereocenters. The summed E-state index contributed by atoms with van der Waals surface area (Å²) in [6.45, 7) is 6.03. The molecule has 1 heterocycles. The molecule has 0 spiro atoms. The fraction of sp³-hybridized carbons (Fsp3) is 0.273. The highest BCUT2D eigenvalue weighted by atomic mass is 16.5. The van der Waals surface area contributed by atoms with E-state index in [1.54, 1.807) is 23.1 Å². The van der Waals surface area contributed by atoms with Gasteiger partial charge >= 0.3 is 0 Å². The van der Waals surface area contributed by atoms with Crippen LogP contribution in [-0.2, 0) is 9.53 Å². The van der Waals surface area contributed by atoms with E-state index in [-0.39, 0.29) is 17.5 Å². The first-order valence-corrected chi connectivity index (χ1v) is 9.06. The molecule has 1 aliphatic heterocycles. The van der Waals surface area contributed by atoms with Gasteiger partial charge in [0.05, 0.1) is 13.2 Å². The molecular formula is C22H24N2O3. The molecule has 0 aliphatic carbocycles. The molecule has 1 N–H and O–H groups in total. The number of nitrogens with one attached hydrogen (secondary N) is 1. The third-order valence-corrected chi connectivity index (χ3v) is 4.48. The molecule has 1 saturated heterocycles.